The van der Waals surface area contributed by atoms with Gasteiger partial charge >= 0.3 is 58.2 Å². The van der Waals surface area contributed by atoms with Crippen LogP contribution in [-0.2, 0) is 6.42 Å². The summed E-state index contributed by atoms with van der Waals surface area (Å²) in [4.78, 5) is 0. The number of benzene rings is 1. The number of halogens is 2. The minimum Gasteiger partial charge on any atom is -0.235 e. The van der Waals surface area contributed by atoms with Crippen LogP contribution in [0.25, 0.3) is 0 Å². The second-order valence-corrected chi connectivity index (χ2v) is 5.67. The fraction of sp³-hybridized carbons (Fsp3) is 0.600. The van der Waals surface area contributed by atoms with Crippen LogP contribution in [0, 0.1) is 23.7 Å². The molecule has 1 aliphatic carbocycles. The molecule has 0 heterocycles. The largest absolute Gasteiger partial charge is 1.00 e. The fourth-order valence-corrected chi connectivity index (χ4v) is 2.88. The van der Waals surface area contributed by atoms with Gasteiger partial charge < -0.3 is 0 Å². The van der Waals surface area contributed by atoms with Crippen molar-refractivity contribution in [1.29, 1.82) is 0 Å². The van der Waals surface area contributed by atoms with E-state index in [1.165, 1.54) is 25.7 Å². The Morgan fingerprint density at radius 3 is 2.67 bits per heavy atom. The molecule has 94 valence electrons. The molecule has 0 unspecified atom stereocenters. The van der Waals surface area contributed by atoms with Crippen LogP contribution in [0.4, 0.5) is 4.39 Å². The summed E-state index contributed by atoms with van der Waals surface area (Å²) in [5.74, 6) is 1.27. The second-order valence-electron chi connectivity index (χ2n) is 5.30. The quantitative estimate of drug-likeness (QED) is 0.740. The van der Waals surface area contributed by atoms with E-state index in [9.17, 15) is 4.39 Å². The Morgan fingerprint density at radius 2 is 2.00 bits per heavy atom. The first-order valence-corrected chi connectivity index (χ1v) is 6.89. The smallest absolute Gasteiger partial charge is 0.235 e. The molecular weight excluding hydrogens is 320 g/mol. The van der Waals surface area contributed by atoms with E-state index in [0.717, 1.165) is 30.2 Å². The zero-order valence-corrected chi connectivity index (χ0v) is 17.0. The maximum absolute atomic E-state index is 13.2. The molecule has 0 saturated heterocycles. The predicted octanol–water partition coefficient (Wildman–Crippen LogP) is 2.04. The zero-order chi connectivity index (χ0) is 12.3. The van der Waals surface area contributed by atoms with Crippen molar-refractivity contribution < 1.29 is 62.6 Å². The maximum Gasteiger partial charge on any atom is 1.00 e. The van der Waals surface area contributed by atoms with Gasteiger partial charge in [-0.25, -0.2) is 4.39 Å². The monoisotopic (exact) mass is 338 g/mol. The minimum atomic E-state index is -0.415. The first-order valence-electron chi connectivity index (χ1n) is 6.51. The second kappa shape index (κ2) is 8.51. The average molecular weight is 339 g/mol. The molecule has 0 amide bonds. The van der Waals surface area contributed by atoms with E-state index in [1.54, 1.807) is 6.07 Å². The summed E-state index contributed by atoms with van der Waals surface area (Å²) in [6.07, 6.45) is 7.35. The molecule has 0 N–H and O–H groups in total. The molecule has 0 atom stereocenters. The van der Waals surface area contributed by atoms with Crippen molar-refractivity contribution in [1.82, 2.24) is 0 Å². The Labute approximate surface area is 163 Å². The third-order valence-electron chi connectivity index (χ3n) is 3.93. The molecule has 0 nitrogen and oxygen atoms in total. The van der Waals surface area contributed by atoms with E-state index >= 15 is 0 Å². The summed E-state index contributed by atoms with van der Waals surface area (Å²) in [6, 6.07) is 6.00. The van der Waals surface area contributed by atoms with Crippen LogP contribution in [0.15, 0.2) is 12.1 Å². The first kappa shape index (κ1) is 17.3. The van der Waals surface area contributed by atoms with Crippen LogP contribution in [0.1, 0.15) is 44.6 Å². The van der Waals surface area contributed by atoms with Gasteiger partial charge in [0.1, 0.15) is 0 Å². The molecule has 18 heavy (non-hydrogen) atoms. The Balaban J connectivity index is 0.00000162. The molecule has 0 aromatic heterocycles. The van der Waals surface area contributed by atoms with E-state index in [0.29, 0.717) is 0 Å². The number of hydrogen-bond donors (Lipinski definition) is 0. The van der Waals surface area contributed by atoms with Crippen LogP contribution >= 0.6 is 11.6 Å². The van der Waals surface area contributed by atoms with Crippen LogP contribution in [0.3, 0.4) is 0 Å². The van der Waals surface area contributed by atoms with Gasteiger partial charge in [-0.3, -0.25) is 0 Å². The Bertz CT molecular complexity index is 373. The summed E-state index contributed by atoms with van der Waals surface area (Å²) in [5.41, 5.74) is 0.932. The van der Waals surface area contributed by atoms with Gasteiger partial charge in [0.15, 0.2) is 0 Å². The molecule has 1 aromatic rings. The first-order chi connectivity index (χ1) is 8.16. The van der Waals surface area contributed by atoms with Crippen molar-refractivity contribution in [2.75, 3.05) is 0 Å². The van der Waals surface area contributed by atoms with Gasteiger partial charge in [-0.2, -0.15) is 23.7 Å². The summed E-state index contributed by atoms with van der Waals surface area (Å²) < 4.78 is 13.2. The standard InChI is InChI=1S/C15H19ClF.Rb/c1-11-5-7-12(8-6-11)9-10-13-3-2-4-14(17)15(13)16;/h2-3,11-12H,5-10H2,1H3;/q-1;+1. The topological polar surface area (TPSA) is 0 Å². The van der Waals surface area contributed by atoms with Crippen molar-refractivity contribution >= 4 is 11.6 Å². The van der Waals surface area contributed by atoms with Crippen LogP contribution in [-0.4, -0.2) is 0 Å². The SMILES string of the molecule is CC1CCC(CCc2cc[c-]c(F)c2Cl)CC1.[Rb+]. The molecule has 3 heteroatoms. The number of rotatable bonds is 3. The molecule has 1 aromatic carbocycles. The third kappa shape index (κ3) is 4.98. The fourth-order valence-electron chi connectivity index (χ4n) is 2.66. The van der Waals surface area contributed by atoms with Crippen LogP contribution in [0.2, 0.25) is 5.02 Å². The van der Waals surface area contributed by atoms with Gasteiger partial charge in [0.05, 0.1) is 0 Å². The molecule has 0 radical (unpaired) electrons. The van der Waals surface area contributed by atoms with Gasteiger partial charge in [-0.15, -0.1) is 11.6 Å². The van der Waals surface area contributed by atoms with Gasteiger partial charge in [0, 0.05) is 5.82 Å². The molecule has 2 rings (SSSR count). The zero-order valence-electron chi connectivity index (χ0n) is 11.3. The van der Waals surface area contributed by atoms with Crippen molar-refractivity contribution in [3.05, 3.63) is 34.6 Å². The third-order valence-corrected chi connectivity index (χ3v) is 4.34. The minimum absolute atomic E-state index is 0. The van der Waals surface area contributed by atoms with E-state index < -0.39 is 5.82 Å². The van der Waals surface area contributed by atoms with Crippen molar-refractivity contribution in [3.63, 3.8) is 0 Å². The predicted molar refractivity (Wildman–Crippen MR) is 69.7 cm³/mol. The Morgan fingerprint density at radius 1 is 1.33 bits per heavy atom. The Kier molecular flexibility index (Phi) is 8.18. The van der Waals surface area contributed by atoms with Crippen molar-refractivity contribution in [2.24, 2.45) is 11.8 Å². The van der Waals surface area contributed by atoms with Gasteiger partial charge in [-0.1, -0.05) is 32.6 Å². The normalized spacial score (nSPS) is 23.5. The van der Waals surface area contributed by atoms with Crippen molar-refractivity contribution in [2.45, 2.75) is 45.4 Å². The van der Waals surface area contributed by atoms with Crippen molar-refractivity contribution in [3.8, 4) is 0 Å². The molecule has 1 fully saturated rings. The molecular formula is C15H19ClFRb. The average Bonchev–Trinajstić information content (AvgIpc) is 2.33. The molecule has 0 aliphatic heterocycles. The summed E-state index contributed by atoms with van der Waals surface area (Å²) in [6.45, 7) is 2.33. The van der Waals surface area contributed by atoms with E-state index in [-0.39, 0.29) is 63.2 Å². The summed E-state index contributed by atoms with van der Waals surface area (Å²) in [5, 5.41) is 0.261. The summed E-state index contributed by atoms with van der Waals surface area (Å²) in [7, 11) is 0. The number of hydrogen-bond acceptors (Lipinski definition) is 0. The summed E-state index contributed by atoms with van der Waals surface area (Å²) >= 11 is 5.93. The molecule has 0 bridgehead atoms. The van der Waals surface area contributed by atoms with E-state index in [1.807, 2.05) is 6.07 Å². The van der Waals surface area contributed by atoms with Gasteiger partial charge in [0.25, 0.3) is 0 Å². The van der Waals surface area contributed by atoms with Gasteiger partial charge in [-0.05, 0) is 29.7 Å². The Hall–Kier alpha value is 1.25. The molecule has 1 aliphatic rings. The van der Waals surface area contributed by atoms with Crippen LogP contribution < -0.4 is 58.2 Å². The maximum atomic E-state index is 13.2. The number of aryl methyl sites for hydroxylation is 1. The van der Waals surface area contributed by atoms with E-state index in [2.05, 4.69) is 13.0 Å². The van der Waals surface area contributed by atoms with Crippen LogP contribution in [0.5, 0.6) is 0 Å². The molecule has 1 saturated carbocycles. The molecule has 0 spiro atoms. The van der Waals surface area contributed by atoms with Gasteiger partial charge in [0.2, 0.25) is 0 Å². The van der Waals surface area contributed by atoms with E-state index in [4.69, 9.17) is 11.6 Å².